The number of halogens is 1. The molecule has 0 spiro atoms. The summed E-state index contributed by atoms with van der Waals surface area (Å²) < 4.78 is 5.13. The fourth-order valence-electron chi connectivity index (χ4n) is 2.62. The minimum atomic E-state index is -0.326. The number of nitrogens with zero attached hydrogens (tertiary/aromatic N) is 1. The number of imide groups is 1. The van der Waals surface area contributed by atoms with E-state index in [0.717, 1.165) is 0 Å². The lowest BCUT2D eigenvalue weighted by Gasteiger charge is -2.15. The Morgan fingerprint density at radius 1 is 1.00 bits per heavy atom. The van der Waals surface area contributed by atoms with E-state index in [0.29, 0.717) is 38.3 Å². The molecule has 1 aliphatic rings. The summed E-state index contributed by atoms with van der Waals surface area (Å²) in [6, 6.07) is 13.8. The van der Waals surface area contributed by atoms with E-state index in [9.17, 15) is 9.59 Å². The first-order valence-corrected chi connectivity index (χ1v) is 9.09. The normalized spacial score (nSPS) is 14.4. The van der Waals surface area contributed by atoms with Gasteiger partial charge in [0, 0.05) is 5.02 Å². The lowest BCUT2D eigenvalue weighted by atomic mass is 10.1. The minimum Gasteiger partial charge on any atom is -0.497 e. The van der Waals surface area contributed by atoms with Gasteiger partial charge in [-0.1, -0.05) is 30.7 Å². The van der Waals surface area contributed by atoms with Crippen LogP contribution in [0.1, 0.15) is 12.5 Å². The maximum absolute atomic E-state index is 13.0. The number of rotatable bonds is 5. The maximum Gasteiger partial charge on any atom is 0.272 e. The van der Waals surface area contributed by atoms with Crippen LogP contribution in [0.15, 0.2) is 53.4 Å². The van der Waals surface area contributed by atoms with E-state index in [4.69, 9.17) is 16.3 Å². The number of hydrogen-bond donors (Lipinski definition) is 0. The Bertz CT molecular complexity index is 844. The molecule has 0 saturated carbocycles. The second-order valence-corrected chi connectivity index (χ2v) is 7.00. The van der Waals surface area contributed by atoms with Crippen molar-refractivity contribution in [2.75, 3.05) is 17.8 Å². The van der Waals surface area contributed by atoms with E-state index in [1.54, 1.807) is 55.6 Å². The van der Waals surface area contributed by atoms with Gasteiger partial charge in [-0.25, -0.2) is 4.90 Å². The van der Waals surface area contributed by atoms with Crippen molar-refractivity contribution in [3.8, 4) is 5.75 Å². The van der Waals surface area contributed by atoms with Crippen LogP contribution in [0, 0.1) is 0 Å². The van der Waals surface area contributed by atoms with Crippen LogP contribution in [-0.4, -0.2) is 24.7 Å². The van der Waals surface area contributed by atoms with Crippen molar-refractivity contribution in [3.05, 3.63) is 64.0 Å². The molecule has 0 fully saturated rings. The number of amides is 2. The summed E-state index contributed by atoms with van der Waals surface area (Å²) in [5.74, 6) is 0.735. The topological polar surface area (TPSA) is 46.6 Å². The molecule has 128 valence electrons. The van der Waals surface area contributed by atoms with Crippen molar-refractivity contribution in [2.45, 2.75) is 6.92 Å². The fraction of sp³-hybridized carbons (Fsp3) is 0.158. The van der Waals surface area contributed by atoms with Gasteiger partial charge in [-0.3, -0.25) is 9.59 Å². The molecular weight excluding hydrogens is 358 g/mol. The molecule has 0 aliphatic carbocycles. The molecule has 4 nitrogen and oxygen atoms in total. The van der Waals surface area contributed by atoms with Crippen LogP contribution in [0.2, 0.25) is 5.02 Å². The molecule has 2 aromatic carbocycles. The summed E-state index contributed by atoms with van der Waals surface area (Å²) in [7, 11) is 1.57. The summed E-state index contributed by atoms with van der Waals surface area (Å²) in [4.78, 5) is 27.6. The number of carbonyl (C=O) groups excluding carboxylic acids is 2. The Labute approximate surface area is 155 Å². The standard InChI is InChI=1S/C19H16ClNO3S/c1-3-25-17-16(12-4-6-13(20)7-5-12)18(22)21(19(17)23)14-8-10-15(24-2)11-9-14/h4-11H,3H2,1-2H3. The van der Waals surface area contributed by atoms with Crippen LogP contribution in [0.25, 0.3) is 5.57 Å². The first-order valence-electron chi connectivity index (χ1n) is 7.72. The van der Waals surface area contributed by atoms with E-state index in [1.165, 1.54) is 16.7 Å². The predicted molar refractivity (Wildman–Crippen MR) is 102 cm³/mol. The van der Waals surface area contributed by atoms with Crippen LogP contribution >= 0.6 is 23.4 Å². The zero-order valence-corrected chi connectivity index (χ0v) is 15.4. The first-order chi connectivity index (χ1) is 12.1. The predicted octanol–water partition coefficient (Wildman–Crippen LogP) is 4.39. The number of thioether (sulfide) groups is 1. The summed E-state index contributed by atoms with van der Waals surface area (Å²) in [6.07, 6.45) is 0. The quantitative estimate of drug-likeness (QED) is 0.729. The molecule has 2 aromatic rings. The van der Waals surface area contributed by atoms with Crippen molar-refractivity contribution in [1.29, 1.82) is 0 Å². The van der Waals surface area contributed by atoms with Crippen molar-refractivity contribution >= 4 is 46.4 Å². The Balaban J connectivity index is 2.04. The molecule has 0 atom stereocenters. The summed E-state index contributed by atoms with van der Waals surface area (Å²) in [5.41, 5.74) is 1.63. The third-order valence-electron chi connectivity index (χ3n) is 3.79. The highest BCUT2D eigenvalue weighted by Gasteiger charge is 2.39. The fourth-order valence-corrected chi connectivity index (χ4v) is 3.60. The van der Waals surface area contributed by atoms with Crippen LogP contribution in [0.3, 0.4) is 0 Å². The van der Waals surface area contributed by atoms with Crippen molar-refractivity contribution in [3.63, 3.8) is 0 Å². The number of hydrogen-bond acceptors (Lipinski definition) is 4. The summed E-state index contributed by atoms with van der Waals surface area (Å²) >= 11 is 7.31. The SMILES string of the molecule is CCSC1=C(c2ccc(Cl)cc2)C(=O)N(c2ccc(OC)cc2)C1=O. The van der Waals surface area contributed by atoms with Crippen LogP contribution in [0.4, 0.5) is 5.69 Å². The average Bonchev–Trinajstić information content (AvgIpc) is 2.87. The molecule has 1 aliphatic heterocycles. The number of carbonyl (C=O) groups is 2. The minimum absolute atomic E-state index is 0.299. The smallest absolute Gasteiger partial charge is 0.272 e. The third-order valence-corrected chi connectivity index (χ3v) is 5.00. The highest BCUT2D eigenvalue weighted by molar-refractivity contribution is 8.04. The summed E-state index contributed by atoms with van der Waals surface area (Å²) in [6.45, 7) is 1.95. The Kier molecular flexibility index (Phi) is 5.16. The van der Waals surface area contributed by atoms with Gasteiger partial charge in [0.2, 0.25) is 0 Å². The molecule has 0 bridgehead atoms. The van der Waals surface area contributed by atoms with E-state index in [-0.39, 0.29) is 11.8 Å². The van der Waals surface area contributed by atoms with Crippen molar-refractivity contribution < 1.29 is 14.3 Å². The molecule has 0 N–H and O–H groups in total. The van der Waals surface area contributed by atoms with E-state index >= 15 is 0 Å². The Morgan fingerprint density at radius 2 is 1.64 bits per heavy atom. The van der Waals surface area contributed by atoms with Gasteiger partial charge in [-0.05, 0) is 47.7 Å². The Hall–Kier alpha value is -2.24. The summed E-state index contributed by atoms with van der Waals surface area (Å²) in [5, 5.41) is 0.581. The van der Waals surface area contributed by atoms with E-state index in [1.807, 2.05) is 6.92 Å². The lowest BCUT2D eigenvalue weighted by molar-refractivity contribution is -0.119. The van der Waals surface area contributed by atoms with Gasteiger partial charge in [-0.2, -0.15) is 0 Å². The largest absolute Gasteiger partial charge is 0.497 e. The molecule has 0 aromatic heterocycles. The van der Waals surface area contributed by atoms with Gasteiger partial charge >= 0.3 is 0 Å². The van der Waals surface area contributed by atoms with Crippen LogP contribution < -0.4 is 9.64 Å². The second kappa shape index (κ2) is 7.33. The van der Waals surface area contributed by atoms with Gasteiger partial charge < -0.3 is 4.74 Å². The monoisotopic (exact) mass is 373 g/mol. The van der Waals surface area contributed by atoms with Crippen molar-refractivity contribution in [1.82, 2.24) is 0 Å². The third kappa shape index (κ3) is 3.30. The van der Waals surface area contributed by atoms with Gasteiger partial charge in [0.05, 0.1) is 23.3 Å². The number of benzene rings is 2. The molecule has 6 heteroatoms. The van der Waals surface area contributed by atoms with Crippen LogP contribution in [0.5, 0.6) is 5.75 Å². The maximum atomic E-state index is 13.0. The van der Waals surface area contributed by atoms with Gasteiger partial charge in [-0.15, -0.1) is 11.8 Å². The average molecular weight is 374 g/mol. The molecule has 25 heavy (non-hydrogen) atoms. The number of methoxy groups -OCH3 is 1. The lowest BCUT2D eigenvalue weighted by Crippen LogP contribution is -2.31. The zero-order chi connectivity index (χ0) is 18.0. The van der Waals surface area contributed by atoms with E-state index < -0.39 is 0 Å². The first kappa shape index (κ1) is 17.6. The van der Waals surface area contributed by atoms with Gasteiger partial charge in [0.1, 0.15) is 5.75 Å². The van der Waals surface area contributed by atoms with Gasteiger partial charge in [0.25, 0.3) is 11.8 Å². The zero-order valence-electron chi connectivity index (χ0n) is 13.8. The molecule has 0 unspecified atom stereocenters. The molecule has 3 rings (SSSR count). The van der Waals surface area contributed by atoms with Gasteiger partial charge in [0.15, 0.2) is 0 Å². The number of anilines is 1. The van der Waals surface area contributed by atoms with E-state index in [2.05, 4.69) is 0 Å². The second-order valence-electron chi connectivity index (χ2n) is 5.29. The molecule has 0 saturated heterocycles. The highest BCUT2D eigenvalue weighted by atomic mass is 35.5. The molecule has 2 amide bonds. The molecular formula is C19H16ClNO3S. The number of ether oxygens (including phenoxy) is 1. The van der Waals surface area contributed by atoms with Crippen LogP contribution in [-0.2, 0) is 9.59 Å². The highest BCUT2D eigenvalue weighted by Crippen LogP contribution is 2.38. The molecule has 1 heterocycles. The van der Waals surface area contributed by atoms with Crippen molar-refractivity contribution in [2.24, 2.45) is 0 Å². The molecule has 0 radical (unpaired) electrons. The Morgan fingerprint density at radius 3 is 2.20 bits per heavy atom.